The predicted octanol–water partition coefficient (Wildman–Crippen LogP) is 0.374. The molecule has 0 aliphatic carbocycles. The van der Waals surface area contributed by atoms with Crippen LogP contribution in [0.1, 0.15) is 22.5 Å². The summed E-state index contributed by atoms with van der Waals surface area (Å²) in [6.07, 6.45) is 6.03. The molecular weight excluding hydrogens is 344 g/mol. The molecular formula is C19H24N6O2. The van der Waals surface area contributed by atoms with E-state index in [1.807, 2.05) is 28.1 Å². The Morgan fingerprint density at radius 1 is 1.15 bits per heavy atom. The summed E-state index contributed by atoms with van der Waals surface area (Å²) in [4.78, 5) is 35.5. The van der Waals surface area contributed by atoms with Gasteiger partial charge in [0.15, 0.2) is 0 Å². The molecule has 8 nitrogen and oxygen atoms in total. The largest absolute Gasteiger partial charge is 0.337 e. The van der Waals surface area contributed by atoms with E-state index in [2.05, 4.69) is 15.0 Å². The number of aryl methyl sites for hydroxylation is 1. The lowest BCUT2D eigenvalue weighted by molar-refractivity contribution is -0.133. The molecule has 0 spiro atoms. The first-order valence-electron chi connectivity index (χ1n) is 9.32. The van der Waals surface area contributed by atoms with Gasteiger partial charge in [0.1, 0.15) is 5.69 Å². The number of carbonyl (C=O) groups excluding carboxylic acids is 2. The Bertz CT molecular complexity index is 813. The molecule has 8 heteroatoms. The molecule has 0 N–H and O–H groups in total. The summed E-state index contributed by atoms with van der Waals surface area (Å²) in [6.45, 7) is 4.10. The van der Waals surface area contributed by atoms with Gasteiger partial charge >= 0.3 is 0 Å². The molecule has 0 radical (unpaired) electrons. The van der Waals surface area contributed by atoms with Crippen LogP contribution in [0, 0.1) is 0 Å². The molecule has 2 aromatic heterocycles. The fraction of sp³-hybridized carbons (Fsp3) is 0.474. The van der Waals surface area contributed by atoms with Crippen LogP contribution in [0.15, 0.2) is 36.8 Å². The SMILES string of the molecule is Cn1nccc1C(=O)N1CCN(C2CCN(Cc3cccnc3)C2=O)CC1. The Kier molecular flexibility index (Phi) is 4.89. The standard InChI is InChI=1S/C19H24N6O2/c1-22-16(4-7-21-22)18(26)24-11-9-23(10-12-24)17-5-8-25(19(17)27)14-15-3-2-6-20-13-15/h2-4,6-7,13,17H,5,8-12,14H2,1H3. The van der Waals surface area contributed by atoms with Crippen LogP contribution in [0.5, 0.6) is 0 Å². The normalized spacial score (nSPS) is 21.1. The van der Waals surface area contributed by atoms with Gasteiger partial charge in [0, 0.05) is 64.9 Å². The summed E-state index contributed by atoms with van der Waals surface area (Å²) in [5.41, 5.74) is 1.65. The second-order valence-corrected chi connectivity index (χ2v) is 7.09. The zero-order chi connectivity index (χ0) is 18.8. The molecule has 2 aliphatic rings. The van der Waals surface area contributed by atoms with Gasteiger partial charge in [-0.15, -0.1) is 0 Å². The molecule has 4 heterocycles. The van der Waals surface area contributed by atoms with E-state index < -0.39 is 0 Å². The molecule has 1 atom stereocenters. The molecule has 0 aromatic carbocycles. The van der Waals surface area contributed by atoms with Crippen LogP contribution < -0.4 is 0 Å². The Morgan fingerprint density at radius 2 is 1.96 bits per heavy atom. The zero-order valence-corrected chi connectivity index (χ0v) is 15.5. The van der Waals surface area contributed by atoms with E-state index in [4.69, 9.17) is 0 Å². The van der Waals surface area contributed by atoms with E-state index >= 15 is 0 Å². The van der Waals surface area contributed by atoms with Crippen LogP contribution in [0.2, 0.25) is 0 Å². The number of rotatable bonds is 4. The van der Waals surface area contributed by atoms with E-state index in [-0.39, 0.29) is 17.9 Å². The topological polar surface area (TPSA) is 74.6 Å². The monoisotopic (exact) mass is 368 g/mol. The lowest BCUT2D eigenvalue weighted by atomic mass is 10.1. The first kappa shape index (κ1) is 17.7. The number of carbonyl (C=O) groups is 2. The van der Waals surface area contributed by atoms with Crippen molar-refractivity contribution in [1.29, 1.82) is 0 Å². The van der Waals surface area contributed by atoms with E-state index in [9.17, 15) is 9.59 Å². The highest BCUT2D eigenvalue weighted by atomic mass is 16.2. The van der Waals surface area contributed by atoms with E-state index in [1.54, 1.807) is 30.2 Å². The van der Waals surface area contributed by atoms with Crippen LogP contribution in [-0.4, -0.2) is 80.0 Å². The highest BCUT2D eigenvalue weighted by Crippen LogP contribution is 2.21. The van der Waals surface area contributed by atoms with Gasteiger partial charge in [-0.3, -0.25) is 24.2 Å². The van der Waals surface area contributed by atoms with Gasteiger partial charge in [0.2, 0.25) is 5.91 Å². The Labute approximate surface area is 158 Å². The van der Waals surface area contributed by atoms with Gasteiger partial charge in [0.05, 0.1) is 6.04 Å². The highest BCUT2D eigenvalue weighted by Gasteiger charge is 2.37. The summed E-state index contributed by atoms with van der Waals surface area (Å²) in [5, 5.41) is 4.07. The van der Waals surface area contributed by atoms with Crippen LogP contribution in [0.4, 0.5) is 0 Å². The lowest BCUT2D eigenvalue weighted by Gasteiger charge is -2.37. The molecule has 27 heavy (non-hydrogen) atoms. The Balaban J connectivity index is 1.33. The number of hydrogen-bond donors (Lipinski definition) is 0. The fourth-order valence-electron chi connectivity index (χ4n) is 3.91. The van der Waals surface area contributed by atoms with Crippen molar-refractivity contribution in [2.45, 2.75) is 19.0 Å². The average molecular weight is 368 g/mol. The Hall–Kier alpha value is -2.74. The van der Waals surface area contributed by atoms with Crippen molar-refractivity contribution >= 4 is 11.8 Å². The summed E-state index contributed by atoms with van der Waals surface area (Å²) in [7, 11) is 1.78. The summed E-state index contributed by atoms with van der Waals surface area (Å²) < 4.78 is 1.60. The number of amides is 2. The summed E-state index contributed by atoms with van der Waals surface area (Å²) in [5.74, 6) is 0.191. The van der Waals surface area contributed by atoms with E-state index in [0.29, 0.717) is 25.3 Å². The number of likely N-dealkylation sites (tertiary alicyclic amines) is 1. The van der Waals surface area contributed by atoms with Crippen molar-refractivity contribution in [1.82, 2.24) is 29.5 Å². The molecule has 2 fully saturated rings. The maximum Gasteiger partial charge on any atom is 0.272 e. The van der Waals surface area contributed by atoms with Crippen LogP contribution in [-0.2, 0) is 18.4 Å². The summed E-state index contributed by atoms with van der Waals surface area (Å²) in [6, 6.07) is 5.56. The number of aromatic nitrogens is 3. The van der Waals surface area contributed by atoms with Crippen molar-refractivity contribution in [2.75, 3.05) is 32.7 Å². The smallest absolute Gasteiger partial charge is 0.272 e. The lowest BCUT2D eigenvalue weighted by Crippen LogP contribution is -2.54. The third-order valence-corrected chi connectivity index (χ3v) is 5.45. The van der Waals surface area contributed by atoms with Gasteiger partial charge in [-0.1, -0.05) is 6.07 Å². The molecule has 0 bridgehead atoms. The summed E-state index contributed by atoms with van der Waals surface area (Å²) >= 11 is 0. The predicted molar refractivity (Wildman–Crippen MR) is 98.7 cm³/mol. The number of pyridine rings is 1. The minimum absolute atomic E-state index is 0.00519. The van der Waals surface area contributed by atoms with Crippen LogP contribution in [0.25, 0.3) is 0 Å². The molecule has 142 valence electrons. The fourth-order valence-corrected chi connectivity index (χ4v) is 3.91. The number of hydrogen-bond acceptors (Lipinski definition) is 5. The molecule has 2 saturated heterocycles. The zero-order valence-electron chi connectivity index (χ0n) is 15.5. The first-order valence-corrected chi connectivity index (χ1v) is 9.32. The second kappa shape index (κ2) is 7.48. The first-order chi connectivity index (χ1) is 13.1. The van der Waals surface area contributed by atoms with E-state index in [0.717, 1.165) is 31.6 Å². The molecule has 2 aromatic rings. The number of nitrogens with zero attached hydrogens (tertiary/aromatic N) is 6. The maximum atomic E-state index is 12.8. The van der Waals surface area contributed by atoms with Crippen LogP contribution >= 0.6 is 0 Å². The van der Waals surface area contributed by atoms with Gasteiger partial charge in [-0.2, -0.15) is 5.10 Å². The van der Waals surface area contributed by atoms with E-state index in [1.165, 1.54) is 0 Å². The minimum Gasteiger partial charge on any atom is -0.337 e. The van der Waals surface area contributed by atoms with Crippen molar-refractivity contribution in [3.8, 4) is 0 Å². The minimum atomic E-state index is -0.0735. The maximum absolute atomic E-state index is 12.8. The van der Waals surface area contributed by atoms with Crippen LogP contribution in [0.3, 0.4) is 0 Å². The Morgan fingerprint density at radius 3 is 2.63 bits per heavy atom. The van der Waals surface area contributed by atoms with Crippen molar-refractivity contribution in [3.63, 3.8) is 0 Å². The van der Waals surface area contributed by atoms with Crippen molar-refractivity contribution < 1.29 is 9.59 Å². The van der Waals surface area contributed by atoms with Crippen molar-refractivity contribution in [3.05, 3.63) is 48.0 Å². The number of piperazine rings is 1. The van der Waals surface area contributed by atoms with Gasteiger partial charge in [0.25, 0.3) is 5.91 Å². The molecule has 0 saturated carbocycles. The molecule has 2 aliphatic heterocycles. The quantitative estimate of drug-likeness (QED) is 0.780. The third-order valence-electron chi connectivity index (χ3n) is 5.45. The third kappa shape index (κ3) is 3.57. The highest BCUT2D eigenvalue weighted by molar-refractivity contribution is 5.92. The molecule has 2 amide bonds. The average Bonchev–Trinajstić information content (AvgIpc) is 3.28. The molecule has 4 rings (SSSR count). The van der Waals surface area contributed by atoms with Gasteiger partial charge < -0.3 is 9.80 Å². The van der Waals surface area contributed by atoms with Gasteiger partial charge in [-0.25, -0.2) is 0 Å². The molecule has 1 unspecified atom stereocenters. The van der Waals surface area contributed by atoms with Gasteiger partial charge in [-0.05, 0) is 24.1 Å². The van der Waals surface area contributed by atoms with Crippen molar-refractivity contribution in [2.24, 2.45) is 7.05 Å². The second-order valence-electron chi connectivity index (χ2n) is 7.09.